The molecule has 0 atom stereocenters. The number of nitrogens with one attached hydrogen (secondary N) is 1. The van der Waals surface area contributed by atoms with Crippen molar-refractivity contribution in [3.8, 4) is 17.1 Å². The first-order valence-electron chi connectivity index (χ1n) is 9.22. The minimum atomic E-state index is -0.473. The molecule has 2 heterocycles. The van der Waals surface area contributed by atoms with Gasteiger partial charge in [-0.3, -0.25) is 14.3 Å². The van der Waals surface area contributed by atoms with Crippen molar-refractivity contribution >= 4 is 23.4 Å². The van der Waals surface area contributed by atoms with Gasteiger partial charge in [0, 0.05) is 18.0 Å². The number of carbonyl (C=O) groups is 1. The van der Waals surface area contributed by atoms with E-state index in [0.717, 1.165) is 16.8 Å². The van der Waals surface area contributed by atoms with Gasteiger partial charge in [-0.2, -0.15) is 0 Å². The van der Waals surface area contributed by atoms with Crippen LogP contribution < -0.4 is 5.32 Å². The first-order valence-corrected chi connectivity index (χ1v) is 10.2. The Morgan fingerprint density at radius 1 is 1.03 bits per heavy atom. The first kappa shape index (κ1) is 19.8. The number of pyridine rings is 1. The summed E-state index contributed by atoms with van der Waals surface area (Å²) < 4.78 is 15.7. The molecule has 0 saturated carbocycles. The summed E-state index contributed by atoms with van der Waals surface area (Å²) in [6.07, 6.45) is 3.39. The highest BCUT2D eigenvalue weighted by atomic mass is 32.2. The van der Waals surface area contributed by atoms with E-state index in [-0.39, 0.29) is 17.3 Å². The van der Waals surface area contributed by atoms with Gasteiger partial charge in [0.1, 0.15) is 5.82 Å². The number of anilines is 1. The maximum atomic E-state index is 13.8. The van der Waals surface area contributed by atoms with E-state index in [1.165, 1.54) is 23.9 Å². The maximum absolute atomic E-state index is 13.8. The third kappa shape index (κ3) is 4.23. The summed E-state index contributed by atoms with van der Waals surface area (Å²) in [5, 5.41) is 11.8. The van der Waals surface area contributed by atoms with Crippen LogP contribution in [0.5, 0.6) is 0 Å². The number of benzene rings is 2. The average molecular weight is 419 g/mol. The zero-order valence-corrected chi connectivity index (χ0v) is 16.9. The van der Waals surface area contributed by atoms with Crippen molar-refractivity contribution in [1.82, 2.24) is 19.7 Å². The lowest BCUT2D eigenvalue weighted by Crippen LogP contribution is -2.15. The van der Waals surface area contributed by atoms with Crippen LogP contribution >= 0.6 is 11.8 Å². The quantitative estimate of drug-likeness (QED) is 0.466. The average Bonchev–Trinajstić information content (AvgIpc) is 3.18. The minimum Gasteiger partial charge on any atom is -0.323 e. The fourth-order valence-electron chi connectivity index (χ4n) is 2.96. The van der Waals surface area contributed by atoms with Crippen LogP contribution in [0.2, 0.25) is 0 Å². The second-order valence-electron chi connectivity index (χ2n) is 6.48. The number of carbonyl (C=O) groups excluding carboxylic acids is 1. The van der Waals surface area contributed by atoms with Crippen molar-refractivity contribution in [3.05, 3.63) is 84.4 Å². The van der Waals surface area contributed by atoms with Crippen LogP contribution in [0.15, 0.2) is 78.2 Å². The summed E-state index contributed by atoms with van der Waals surface area (Å²) in [4.78, 5) is 16.4. The van der Waals surface area contributed by atoms with Crippen molar-refractivity contribution in [2.24, 2.45) is 0 Å². The number of aromatic nitrogens is 4. The molecule has 6 nitrogen and oxygen atoms in total. The largest absolute Gasteiger partial charge is 0.323 e. The standard InChI is InChI=1S/C22H18FN5OS/c1-15-6-2-5-9-19(15)28-21(16-10-12-24-13-11-16)26-27-22(28)30-14-20(29)25-18-8-4-3-7-17(18)23/h2-13H,14H2,1H3,(H,25,29). The molecule has 0 spiro atoms. The normalized spacial score (nSPS) is 10.7. The highest BCUT2D eigenvalue weighted by molar-refractivity contribution is 7.99. The predicted molar refractivity (Wildman–Crippen MR) is 115 cm³/mol. The van der Waals surface area contributed by atoms with Gasteiger partial charge in [-0.05, 0) is 42.8 Å². The summed E-state index contributed by atoms with van der Waals surface area (Å²) in [5.74, 6) is -0.0770. The van der Waals surface area contributed by atoms with Crippen molar-refractivity contribution in [3.63, 3.8) is 0 Å². The van der Waals surface area contributed by atoms with Crippen molar-refractivity contribution in [2.75, 3.05) is 11.1 Å². The molecule has 8 heteroatoms. The van der Waals surface area contributed by atoms with E-state index < -0.39 is 5.82 Å². The summed E-state index contributed by atoms with van der Waals surface area (Å²) >= 11 is 1.24. The lowest BCUT2D eigenvalue weighted by molar-refractivity contribution is -0.113. The van der Waals surface area contributed by atoms with E-state index >= 15 is 0 Å². The van der Waals surface area contributed by atoms with E-state index in [1.54, 1.807) is 24.5 Å². The minimum absolute atomic E-state index is 0.0642. The number of hydrogen-bond donors (Lipinski definition) is 1. The molecule has 0 unspecified atom stereocenters. The van der Waals surface area contributed by atoms with Gasteiger partial charge in [0.15, 0.2) is 11.0 Å². The van der Waals surface area contributed by atoms with E-state index in [2.05, 4.69) is 20.5 Å². The smallest absolute Gasteiger partial charge is 0.234 e. The third-order valence-corrected chi connectivity index (χ3v) is 5.34. The van der Waals surface area contributed by atoms with Crippen molar-refractivity contribution < 1.29 is 9.18 Å². The molecule has 2 aromatic carbocycles. The molecule has 0 saturated heterocycles. The second-order valence-corrected chi connectivity index (χ2v) is 7.42. The Kier molecular flexibility index (Phi) is 5.85. The maximum Gasteiger partial charge on any atom is 0.234 e. The molecule has 4 rings (SSSR count). The van der Waals surface area contributed by atoms with Crippen LogP contribution in [0.1, 0.15) is 5.56 Å². The number of halogens is 1. The molecule has 30 heavy (non-hydrogen) atoms. The Morgan fingerprint density at radius 3 is 2.53 bits per heavy atom. The Labute approximate surface area is 177 Å². The van der Waals surface area contributed by atoms with Crippen LogP contribution in [0.3, 0.4) is 0 Å². The number of nitrogens with zero attached hydrogens (tertiary/aromatic N) is 4. The first-order chi connectivity index (χ1) is 14.6. The number of thioether (sulfide) groups is 1. The summed E-state index contributed by atoms with van der Waals surface area (Å²) in [6.45, 7) is 2.00. The lowest BCUT2D eigenvalue weighted by atomic mass is 10.2. The Hall–Kier alpha value is -3.52. The number of amides is 1. The number of para-hydroxylation sites is 2. The Bertz CT molecular complexity index is 1180. The van der Waals surface area contributed by atoms with Gasteiger partial charge in [-0.1, -0.05) is 42.1 Å². The van der Waals surface area contributed by atoms with Crippen LogP contribution in [0, 0.1) is 12.7 Å². The molecule has 4 aromatic rings. The van der Waals surface area contributed by atoms with Crippen LogP contribution in [-0.4, -0.2) is 31.4 Å². The second kappa shape index (κ2) is 8.87. The predicted octanol–water partition coefficient (Wildman–Crippen LogP) is 4.51. The fraction of sp³-hybridized carbons (Fsp3) is 0.0909. The Balaban J connectivity index is 1.62. The van der Waals surface area contributed by atoms with Gasteiger partial charge in [-0.25, -0.2) is 4.39 Å². The van der Waals surface area contributed by atoms with Crippen LogP contribution in [0.25, 0.3) is 17.1 Å². The van der Waals surface area contributed by atoms with Crippen molar-refractivity contribution in [2.45, 2.75) is 12.1 Å². The fourth-order valence-corrected chi connectivity index (χ4v) is 3.71. The van der Waals surface area contributed by atoms with Gasteiger partial charge < -0.3 is 5.32 Å². The molecule has 0 bridgehead atoms. The third-order valence-electron chi connectivity index (χ3n) is 4.41. The molecule has 0 aliphatic heterocycles. The SMILES string of the molecule is Cc1ccccc1-n1c(SCC(=O)Nc2ccccc2F)nnc1-c1ccncc1. The van der Waals surface area contributed by atoms with E-state index in [4.69, 9.17) is 0 Å². The van der Waals surface area contributed by atoms with Gasteiger partial charge in [0.2, 0.25) is 5.91 Å². The summed E-state index contributed by atoms with van der Waals surface area (Å²) in [6, 6.07) is 17.7. The molecular formula is C22H18FN5OS. The monoisotopic (exact) mass is 419 g/mol. The zero-order valence-electron chi connectivity index (χ0n) is 16.1. The highest BCUT2D eigenvalue weighted by Gasteiger charge is 2.18. The van der Waals surface area contributed by atoms with E-state index in [9.17, 15) is 9.18 Å². The van der Waals surface area contributed by atoms with Gasteiger partial charge in [0.25, 0.3) is 0 Å². The number of rotatable bonds is 6. The zero-order chi connectivity index (χ0) is 20.9. The highest BCUT2D eigenvalue weighted by Crippen LogP contribution is 2.29. The number of aryl methyl sites for hydroxylation is 1. The van der Waals surface area contributed by atoms with Crippen LogP contribution in [-0.2, 0) is 4.79 Å². The van der Waals surface area contributed by atoms with Crippen molar-refractivity contribution in [1.29, 1.82) is 0 Å². The molecule has 1 N–H and O–H groups in total. The topological polar surface area (TPSA) is 72.7 Å². The van der Waals surface area contributed by atoms with Crippen LogP contribution in [0.4, 0.5) is 10.1 Å². The Morgan fingerprint density at radius 2 is 1.77 bits per heavy atom. The molecule has 150 valence electrons. The molecule has 0 radical (unpaired) electrons. The summed E-state index contributed by atoms with van der Waals surface area (Å²) in [5.41, 5.74) is 2.99. The lowest BCUT2D eigenvalue weighted by Gasteiger charge is -2.13. The van der Waals surface area contributed by atoms with E-state index in [1.807, 2.05) is 47.9 Å². The van der Waals surface area contributed by atoms with Gasteiger partial charge in [-0.15, -0.1) is 10.2 Å². The van der Waals surface area contributed by atoms with Gasteiger partial charge in [0.05, 0.1) is 17.1 Å². The molecular weight excluding hydrogens is 401 g/mol. The molecule has 2 aromatic heterocycles. The number of hydrogen-bond acceptors (Lipinski definition) is 5. The summed E-state index contributed by atoms with van der Waals surface area (Å²) in [7, 11) is 0. The molecule has 0 aliphatic rings. The van der Waals surface area contributed by atoms with E-state index in [0.29, 0.717) is 11.0 Å². The van der Waals surface area contributed by atoms with Gasteiger partial charge >= 0.3 is 0 Å². The molecule has 0 fully saturated rings. The molecule has 1 amide bonds. The molecule has 0 aliphatic carbocycles.